The molecule has 1 heterocycles. The molecule has 0 saturated heterocycles. The molecule has 0 atom stereocenters. The highest BCUT2D eigenvalue weighted by Gasteiger charge is 2.24. The number of hydrogen-bond acceptors (Lipinski definition) is 5. The van der Waals surface area contributed by atoms with Crippen LogP contribution in [0.25, 0.3) is 0 Å². The number of aromatic nitrogens is 2. The van der Waals surface area contributed by atoms with E-state index in [1.165, 1.54) is 11.3 Å². The highest BCUT2D eigenvalue weighted by Crippen LogP contribution is 2.25. The summed E-state index contributed by atoms with van der Waals surface area (Å²) < 4.78 is 0. The minimum atomic E-state index is 0.200. The van der Waals surface area contributed by atoms with Crippen molar-refractivity contribution in [2.45, 2.75) is 26.7 Å². The normalized spacial score (nSPS) is 11.6. The summed E-state index contributed by atoms with van der Waals surface area (Å²) >= 11 is 1.52. The predicted molar refractivity (Wildman–Crippen MR) is 60.5 cm³/mol. The van der Waals surface area contributed by atoms with E-state index in [-0.39, 0.29) is 5.41 Å². The fraction of sp³-hybridized carbons (Fsp3) is 0.778. The lowest BCUT2D eigenvalue weighted by Gasteiger charge is -2.29. The van der Waals surface area contributed by atoms with Crippen LogP contribution in [0.2, 0.25) is 0 Å². The van der Waals surface area contributed by atoms with Crippen LogP contribution in [0.4, 0.5) is 5.13 Å². The van der Waals surface area contributed by atoms with Gasteiger partial charge in [0, 0.05) is 6.54 Å². The van der Waals surface area contributed by atoms with E-state index in [2.05, 4.69) is 29.4 Å². The maximum atomic E-state index is 5.80. The molecule has 3 N–H and O–H groups in total. The van der Waals surface area contributed by atoms with E-state index in [0.29, 0.717) is 6.54 Å². The molecular weight excluding hydrogens is 196 g/mol. The second kappa shape index (κ2) is 5.26. The van der Waals surface area contributed by atoms with Crippen molar-refractivity contribution in [1.29, 1.82) is 0 Å². The molecule has 0 fully saturated rings. The lowest BCUT2D eigenvalue weighted by Crippen LogP contribution is -2.36. The van der Waals surface area contributed by atoms with E-state index < -0.39 is 0 Å². The Morgan fingerprint density at radius 3 is 2.64 bits per heavy atom. The first kappa shape index (κ1) is 11.4. The Balaban J connectivity index is 2.48. The third-order valence-electron chi connectivity index (χ3n) is 2.91. The molecular formula is C9H18N4S. The van der Waals surface area contributed by atoms with Crippen molar-refractivity contribution < 1.29 is 0 Å². The average Bonchev–Trinajstić information content (AvgIpc) is 2.74. The van der Waals surface area contributed by atoms with Gasteiger partial charge < -0.3 is 11.1 Å². The minimum Gasteiger partial charge on any atom is -0.359 e. The summed E-state index contributed by atoms with van der Waals surface area (Å²) in [6, 6.07) is 0. The van der Waals surface area contributed by atoms with E-state index in [9.17, 15) is 0 Å². The molecule has 0 aliphatic rings. The van der Waals surface area contributed by atoms with Crippen LogP contribution in [0.5, 0.6) is 0 Å². The predicted octanol–water partition coefficient (Wildman–Crippen LogP) is 1.72. The van der Waals surface area contributed by atoms with E-state index in [4.69, 9.17) is 5.73 Å². The molecule has 0 radical (unpaired) electrons. The van der Waals surface area contributed by atoms with E-state index in [1.54, 1.807) is 5.51 Å². The van der Waals surface area contributed by atoms with Gasteiger partial charge in [-0.25, -0.2) is 0 Å². The minimum absolute atomic E-state index is 0.200. The van der Waals surface area contributed by atoms with Gasteiger partial charge in [-0.05, 0) is 24.8 Å². The van der Waals surface area contributed by atoms with Crippen LogP contribution in [0, 0.1) is 5.41 Å². The fourth-order valence-electron chi connectivity index (χ4n) is 1.37. The maximum Gasteiger partial charge on any atom is 0.205 e. The highest BCUT2D eigenvalue weighted by molar-refractivity contribution is 7.13. The second-order valence-corrected chi connectivity index (χ2v) is 4.34. The quantitative estimate of drug-likeness (QED) is 0.756. The number of anilines is 1. The summed E-state index contributed by atoms with van der Waals surface area (Å²) in [4.78, 5) is 0. The number of rotatable bonds is 6. The Hall–Kier alpha value is -0.680. The number of nitrogens with one attached hydrogen (secondary N) is 1. The Bertz CT molecular complexity index is 235. The summed E-state index contributed by atoms with van der Waals surface area (Å²) in [7, 11) is 0. The smallest absolute Gasteiger partial charge is 0.205 e. The molecule has 0 spiro atoms. The molecule has 1 aromatic heterocycles. The van der Waals surface area contributed by atoms with Gasteiger partial charge in [-0.15, -0.1) is 10.2 Å². The zero-order chi connectivity index (χ0) is 10.4. The molecule has 0 unspecified atom stereocenters. The lowest BCUT2D eigenvalue weighted by atomic mass is 9.82. The first-order valence-corrected chi connectivity index (χ1v) is 5.84. The Morgan fingerprint density at radius 1 is 1.50 bits per heavy atom. The zero-order valence-corrected chi connectivity index (χ0v) is 9.60. The summed E-state index contributed by atoms with van der Waals surface area (Å²) in [5, 5.41) is 11.9. The zero-order valence-electron chi connectivity index (χ0n) is 8.79. The molecule has 1 aromatic rings. The highest BCUT2D eigenvalue weighted by atomic mass is 32.1. The standard InChI is InChI=1S/C9H18N4S/c1-3-9(4-2,5-10)6-11-8-13-12-7-14-8/h7H,3-6,10H2,1-2H3,(H,11,13). The molecule has 0 bridgehead atoms. The SMILES string of the molecule is CCC(CC)(CN)CNc1nncs1. The van der Waals surface area contributed by atoms with Gasteiger partial charge in [0.25, 0.3) is 0 Å². The van der Waals surface area contributed by atoms with Crippen molar-refractivity contribution in [2.75, 3.05) is 18.4 Å². The summed E-state index contributed by atoms with van der Waals surface area (Å²) in [5.74, 6) is 0. The average molecular weight is 214 g/mol. The molecule has 1 rings (SSSR count). The van der Waals surface area contributed by atoms with Gasteiger partial charge in [-0.3, -0.25) is 0 Å². The van der Waals surface area contributed by atoms with Gasteiger partial charge in [-0.1, -0.05) is 25.2 Å². The van der Waals surface area contributed by atoms with Crippen LogP contribution in [0.15, 0.2) is 5.51 Å². The van der Waals surface area contributed by atoms with Crippen molar-refractivity contribution in [3.05, 3.63) is 5.51 Å². The van der Waals surface area contributed by atoms with Crippen molar-refractivity contribution in [3.63, 3.8) is 0 Å². The number of nitrogens with zero attached hydrogens (tertiary/aromatic N) is 2. The van der Waals surface area contributed by atoms with Gasteiger partial charge in [0.05, 0.1) is 0 Å². The molecule has 0 saturated carbocycles. The first-order chi connectivity index (χ1) is 6.76. The van der Waals surface area contributed by atoms with Gasteiger partial charge in [-0.2, -0.15) is 0 Å². The molecule has 4 nitrogen and oxygen atoms in total. The van der Waals surface area contributed by atoms with Crippen molar-refractivity contribution in [3.8, 4) is 0 Å². The van der Waals surface area contributed by atoms with Crippen molar-refractivity contribution in [1.82, 2.24) is 10.2 Å². The van der Waals surface area contributed by atoms with E-state index in [0.717, 1.165) is 24.5 Å². The van der Waals surface area contributed by atoms with Gasteiger partial charge in [0.2, 0.25) is 5.13 Å². The van der Waals surface area contributed by atoms with Gasteiger partial charge >= 0.3 is 0 Å². The van der Waals surface area contributed by atoms with Crippen molar-refractivity contribution in [2.24, 2.45) is 11.1 Å². The Morgan fingerprint density at radius 2 is 2.21 bits per heavy atom. The lowest BCUT2D eigenvalue weighted by molar-refractivity contribution is 0.294. The van der Waals surface area contributed by atoms with Crippen LogP contribution in [-0.4, -0.2) is 23.3 Å². The van der Waals surface area contributed by atoms with Crippen LogP contribution in [-0.2, 0) is 0 Å². The topological polar surface area (TPSA) is 63.8 Å². The molecule has 5 heteroatoms. The molecule has 80 valence electrons. The van der Waals surface area contributed by atoms with Crippen LogP contribution >= 0.6 is 11.3 Å². The van der Waals surface area contributed by atoms with Crippen LogP contribution in [0.3, 0.4) is 0 Å². The number of nitrogens with two attached hydrogens (primary N) is 1. The summed E-state index contributed by atoms with van der Waals surface area (Å²) in [5.41, 5.74) is 7.72. The maximum absolute atomic E-state index is 5.80. The largest absolute Gasteiger partial charge is 0.359 e. The third-order valence-corrected chi connectivity index (χ3v) is 3.56. The molecule has 0 aliphatic carbocycles. The molecule has 14 heavy (non-hydrogen) atoms. The third kappa shape index (κ3) is 2.65. The van der Waals surface area contributed by atoms with E-state index in [1.807, 2.05) is 0 Å². The van der Waals surface area contributed by atoms with Crippen molar-refractivity contribution >= 4 is 16.5 Å². The molecule has 0 aliphatic heterocycles. The fourth-order valence-corrected chi connectivity index (χ4v) is 1.82. The van der Waals surface area contributed by atoms with Crippen LogP contribution < -0.4 is 11.1 Å². The Kier molecular flexibility index (Phi) is 4.28. The monoisotopic (exact) mass is 214 g/mol. The number of hydrogen-bond donors (Lipinski definition) is 2. The van der Waals surface area contributed by atoms with Gasteiger partial charge in [0.15, 0.2) is 0 Å². The van der Waals surface area contributed by atoms with Gasteiger partial charge in [0.1, 0.15) is 5.51 Å². The molecule has 0 amide bonds. The summed E-state index contributed by atoms with van der Waals surface area (Å²) in [6.45, 7) is 5.95. The summed E-state index contributed by atoms with van der Waals surface area (Å²) in [6.07, 6.45) is 2.18. The van der Waals surface area contributed by atoms with Crippen LogP contribution in [0.1, 0.15) is 26.7 Å². The molecule has 0 aromatic carbocycles. The first-order valence-electron chi connectivity index (χ1n) is 4.96. The second-order valence-electron chi connectivity index (χ2n) is 3.51. The Labute approximate surface area is 88.9 Å². The van der Waals surface area contributed by atoms with E-state index >= 15 is 0 Å².